The smallest absolute Gasteiger partial charge is 0.229 e. The minimum absolute atomic E-state index is 0.0542. The van der Waals surface area contributed by atoms with Crippen LogP contribution in [-0.4, -0.2) is 22.5 Å². The highest BCUT2D eigenvalue weighted by atomic mass is 35.5. The second-order valence-corrected chi connectivity index (χ2v) is 7.77. The van der Waals surface area contributed by atoms with Crippen molar-refractivity contribution in [2.24, 2.45) is 0 Å². The van der Waals surface area contributed by atoms with Crippen LogP contribution in [0.15, 0.2) is 65.1 Å². The Kier molecular flexibility index (Phi) is 3.96. The molecule has 0 saturated carbocycles. The first kappa shape index (κ1) is 17.9. The number of hydrogen-bond donors (Lipinski definition) is 1. The zero-order valence-corrected chi connectivity index (χ0v) is 16.0. The summed E-state index contributed by atoms with van der Waals surface area (Å²) in [5, 5.41) is 10.3. The molecule has 1 unspecified atom stereocenters. The molecule has 6 heteroatoms. The van der Waals surface area contributed by atoms with Crippen LogP contribution in [-0.2, 0) is 9.53 Å². The molecule has 29 heavy (non-hydrogen) atoms. The van der Waals surface area contributed by atoms with E-state index in [4.69, 9.17) is 16.3 Å². The van der Waals surface area contributed by atoms with Gasteiger partial charge in [-0.2, -0.15) is 0 Å². The predicted molar refractivity (Wildman–Crippen MR) is 105 cm³/mol. The highest BCUT2D eigenvalue weighted by Crippen LogP contribution is 2.48. The van der Waals surface area contributed by atoms with Crippen molar-refractivity contribution in [3.8, 4) is 5.75 Å². The maximum atomic E-state index is 13.4. The third kappa shape index (κ3) is 2.65. The normalized spacial score (nSPS) is 20.9. The number of carbonyl (C=O) groups is 3. The van der Waals surface area contributed by atoms with E-state index in [1.54, 1.807) is 24.3 Å². The van der Waals surface area contributed by atoms with E-state index in [1.807, 2.05) is 0 Å². The number of hydrogen-bond acceptors (Lipinski definition) is 5. The van der Waals surface area contributed by atoms with E-state index in [0.717, 1.165) is 0 Å². The summed E-state index contributed by atoms with van der Waals surface area (Å²) in [7, 11) is 0. The van der Waals surface area contributed by atoms with E-state index in [2.05, 4.69) is 0 Å². The largest absolute Gasteiger partial charge is 0.508 e. The summed E-state index contributed by atoms with van der Waals surface area (Å²) < 4.78 is 5.88. The van der Waals surface area contributed by atoms with Gasteiger partial charge in [0.1, 0.15) is 11.5 Å². The summed E-state index contributed by atoms with van der Waals surface area (Å²) in [5.74, 6) is -1.31. The van der Waals surface area contributed by atoms with Crippen LogP contribution in [0.25, 0.3) is 0 Å². The number of phenols is 1. The van der Waals surface area contributed by atoms with Gasteiger partial charge in [-0.3, -0.25) is 14.4 Å². The molecule has 0 saturated heterocycles. The van der Waals surface area contributed by atoms with Gasteiger partial charge in [0.2, 0.25) is 5.78 Å². The van der Waals surface area contributed by atoms with Crippen molar-refractivity contribution in [1.29, 1.82) is 0 Å². The molecule has 1 heterocycles. The average molecular weight is 407 g/mol. The monoisotopic (exact) mass is 406 g/mol. The van der Waals surface area contributed by atoms with Crippen LogP contribution in [0.3, 0.4) is 0 Å². The minimum Gasteiger partial charge on any atom is -0.508 e. The first-order chi connectivity index (χ1) is 14.0. The van der Waals surface area contributed by atoms with Crippen molar-refractivity contribution < 1.29 is 24.2 Å². The zero-order chi connectivity index (χ0) is 20.3. The molecular weight excluding hydrogens is 392 g/mol. The molecule has 2 aromatic rings. The average Bonchev–Trinajstić information content (AvgIpc) is 2.71. The van der Waals surface area contributed by atoms with Crippen molar-refractivity contribution in [2.75, 3.05) is 0 Å². The van der Waals surface area contributed by atoms with Crippen molar-refractivity contribution in [3.63, 3.8) is 0 Å². The second-order valence-electron chi connectivity index (χ2n) is 7.33. The third-order valence-electron chi connectivity index (χ3n) is 5.60. The first-order valence-electron chi connectivity index (χ1n) is 9.32. The molecule has 1 N–H and O–H groups in total. The summed E-state index contributed by atoms with van der Waals surface area (Å²) in [6, 6.07) is 11.0. The van der Waals surface area contributed by atoms with Crippen molar-refractivity contribution >= 4 is 29.0 Å². The van der Waals surface area contributed by atoms with Gasteiger partial charge in [-0.25, -0.2) is 0 Å². The van der Waals surface area contributed by atoms with E-state index in [1.165, 1.54) is 18.2 Å². The number of ether oxygens (including phenoxy) is 1. The molecular formula is C23H15ClO5. The number of halogens is 1. The maximum absolute atomic E-state index is 13.4. The second kappa shape index (κ2) is 6.42. The Labute approximate surface area is 171 Å². The summed E-state index contributed by atoms with van der Waals surface area (Å²) in [5.41, 5.74) is 1.62. The number of carbonyl (C=O) groups excluding carboxylic acids is 3. The Morgan fingerprint density at radius 3 is 2.41 bits per heavy atom. The van der Waals surface area contributed by atoms with Gasteiger partial charge < -0.3 is 9.84 Å². The SMILES string of the molecule is O=C1CCCC2=C1C(c1ccc(Cl)cc1)C1=C(O2)C(=O)c2cc(O)ccc2C1=O. The van der Waals surface area contributed by atoms with Gasteiger partial charge in [0.05, 0.1) is 5.57 Å². The number of allylic oxidation sites excluding steroid dienone is 4. The molecule has 2 aromatic carbocycles. The lowest BCUT2D eigenvalue weighted by atomic mass is 9.72. The molecule has 144 valence electrons. The fraction of sp³-hybridized carbons (Fsp3) is 0.174. The zero-order valence-electron chi connectivity index (χ0n) is 15.2. The van der Waals surface area contributed by atoms with Crippen LogP contribution < -0.4 is 0 Å². The third-order valence-corrected chi connectivity index (χ3v) is 5.85. The van der Waals surface area contributed by atoms with Crippen molar-refractivity contribution in [3.05, 3.63) is 86.8 Å². The van der Waals surface area contributed by atoms with Crippen LogP contribution in [0.2, 0.25) is 5.02 Å². The molecule has 0 aromatic heterocycles. The summed E-state index contributed by atoms with van der Waals surface area (Å²) in [6.45, 7) is 0. The van der Waals surface area contributed by atoms with Crippen LogP contribution in [0.5, 0.6) is 5.75 Å². The fourth-order valence-electron chi connectivity index (χ4n) is 4.29. The molecule has 3 aliphatic rings. The van der Waals surface area contributed by atoms with E-state index in [-0.39, 0.29) is 39.8 Å². The number of ketones is 3. The molecule has 0 fully saturated rings. The molecule has 1 aliphatic heterocycles. The molecule has 0 bridgehead atoms. The van der Waals surface area contributed by atoms with Crippen LogP contribution >= 0.6 is 11.6 Å². The lowest BCUT2D eigenvalue weighted by Crippen LogP contribution is -2.34. The lowest BCUT2D eigenvalue weighted by molar-refractivity contribution is -0.116. The molecule has 0 spiro atoms. The molecule has 5 rings (SSSR count). The van der Waals surface area contributed by atoms with Crippen LogP contribution in [0.4, 0.5) is 0 Å². The van der Waals surface area contributed by atoms with Gasteiger partial charge in [0.25, 0.3) is 0 Å². The Balaban J connectivity index is 1.76. The van der Waals surface area contributed by atoms with Crippen LogP contribution in [0.1, 0.15) is 51.5 Å². The Bertz CT molecular complexity index is 1170. The van der Waals surface area contributed by atoms with Gasteiger partial charge >= 0.3 is 0 Å². The quantitative estimate of drug-likeness (QED) is 0.754. The standard InChI is InChI=1S/C23H15ClO5/c24-12-6-4-11(5-7-12)18-19-16(26)2-1-3-17(19)29-23-20(18)21(27)14-9-8-13(25)10-15(14)22(23)28/h4-10,18,25H,1-3H2. The Morgan fingerprint density at radius 2 is 1.66 bits per heavy atom. The number of Topliss-reactive ketones (excluding diaryl/α,β-unsaturated/α-hetero) is 3. The number of rotatable bonds is 1. The van der Waals surface area contributed by atoms with Gasteiger partial charge in [-0.15, -0.1) is 0 Å². The number of fused-ring (bicyclic) bond motifs is 1. The summed E-state index contributed by atoms with van der Waals surface area (Å²) >= 11 is 6.03. The van der Waals surface area contributed by atoms with Gasteiger partial charge in [-0.05, 0) is 42.3 Å². The van der Waals surface area contributed by atoms with Gasteiger partial charge in [0, 0.05) is 40.5 Å². The fourth-order valence-corrected chi connectivity index (χ4v) is 4.42. The van der Waals surface area contributed by atoms with E-state index >= 15 is 0 Å². The van der Waals surface area contributed by atoms with Gasteiger partial charge in [-0.1, -0.05) is 23.7 Å². The molecule has 0 radical (unpaired) electrons. The van der Waals surface area contributed by atoms with Crippen molar-refractivity contribution in [2.45, 2.75) is 25.2 Å². The van der Waals surface area contributed by atoms with E-state index in [0.29, 0.717) is 41.2 Å². The number of aromatic hydroxyl groups is 1. The Hall–Kier alpha value is -3.18. The van der Waals surface area contributed by atoms with Gasteiger partial charge in [0.15, 0.2) is 17.3 Å². The number of phenolic OH excluding ortho intramolecular Hbond substituents is 1. The van der Waals surface area contributed by atoms with Crippen LogP contribution in [0, 0.1) is 0 Å². The summed E-state index contributed by atoms with van der Waals surface area (Å²) in [4.78, 5) is 39.4. The molecule has 0 amide bonds. The Morgan fingerprint density at radius 1 is 0.897 bits per heavy atom. The summed E-state index contributed by atoms with van der Waals surface area (Å²) in [6.07, 6.45) is 1.53. The maximum Gasteiger partial charge on any atom is 0.229 e. The predicted octanol–water partition coefficient (Wildman–Crippen LogP) is 4.50. The van der Waals surface area contributed by atoms with E-state index < -0.39 is 11.7 Å². The molecule has 1 atom stereocenters. The lowest BCUT2D eigenvalue weighted by Gasteiger charge is -2.35. The molecule has 2 aliphatic carbocycles. The molecule has 5 nitrogen and oxygen atoms in total. The topological polar surface area (TPSA) is 80.7 Å². The van der Waals surface area contributed by atoms with Crippen molar-refractivity contribution in [1.82, 2.24) is 0 Å². The first-order valence-corrected chi connectivity index (χ1v) is 9.69. The highest BCUT2D eigenvalue weighted by Gasteiger charge is 2.46. The minimum atomic E-state index is -0.683. The highest BCUT2D eigenvalue weighted by molar-refractivity contribution is 6.30. The van der Waals surface area contributed by atoms with E-state index in [9.17, 15) is 19.5 Å². The number of benzene rings is 2.